The van der Waals surface area contributed by atoms with Crippen LogP contribution in [0.1, 0.15) is 5.56 Å². The van der Waals surface area contributed by atoms with Gasteiger partial charge < -0.3 is 5.32 Å². The molecule has 0 aliphatic heterocycles. The van der Waals surface area contributed by atoms with Gasteiger partial charge in [-0.15, -0.1) is 11.6 Å². The van der Waals surface area contributed by atoms with Gasteiger partial charge >= 0.3 is 0 Å². The maximum atomic E-state index is 11.5. The van der Waals surface area contributed by atoms with Crippen molar-refractivity contribution in [3.05, 3.63) is 48.2 Å². The Balaban J connectivity index is 2.11. The Labute approximate surface area is 130 Å². The summed E-state index contributed by atoms with van der Waals surface area (Å²) in [5.74, 6) is 0.142. The van der Waals surface area contributed by atoms with Gasteiger partial charge in [-0.05, 0) is 18.2 Å². The molecule has 0 aliphatic rings. The molecular weight excluding hydrogens is 302 g/mol. The molecule has 22 heavy (non-hydrogen) atoms. The van der Waals surface area contributed by atoms with E-state index in [1.54, 1.807) is 6.07 Å². The molecular formula is C15H10ClN5O. The standard InChI is InChI=1S/C15H10ClN5O/c16-7-14(22)20-15-11(8-17)9-18-21(15)13-6-5-10-3-1-2-4-12(10)19-13/h1-6,9H,7H2,(H,20,22). The lowest BCUT2D eigenvalue weighted by Gasteiger charge is -2.08. The number of benzene rings is 1. The van der Waals surface area contributed by atoms with Crippen molar-refractivity contribution in [1.82, 2.24) is 14.8 Å². The molecule has 3 aromatic rings. The number of hydrogen-bond donors (Lipinski definition) is 1. The Morgan fingerprint density at radius 3 is 2.91 bits per heavy atom. The largest absolute Gasteiger partial charge is 0.308 e. The van der Waals surface area contributed by atoms with Gasteiger partial charge in [-0.3, -0.25) is 4.79 Å². The second-order valence-electron chi connectivity index (χ2n) is 4.47. The number of fused-ring (bicyclic) bond motifs is 1. The Morgan fingerprint density at radius 1 is 1.32 bits per heavy atom. The molecule has 1 amide bonds. The number of nitriles is 1. The van der Waals surface area contributed by atoms with E-state index < -0.39 is 5.91 Å². The fraction of sp³-hybridized carbons (Fsp3) is 0.0667. The molecule has 0 radical (unpaired) electrons. The second-order valence-corrected chi connectivity index (χ2v) is 4.74. The van der Waals surface area contributed by atoms with E-state index in [1.807, 2.05) is 36.4 Å². The summed E-state index contributed by atoms with van der Waals surface area (Å²) in [6, 6.07) is 13.3. The molecule has 0 saturated heterocycles. The van der Waals surface area contributed by atoms with Crippen LogP contribution in [0, 0.1) is 11.3 Å². The minimum absolute atomic E-state index is 0.207. The highest BCUT2D eigenvalue weighted by Crippen LogP contribution is 2.20. The molecule has 1 N–H and O–H groups in total. The Morgan fingerprint density at radius 2 is 2.14 bits per heavy atom. The van der Waals surface area contributed by atoms with Gasteiger partial charge in [0.1, 0.15) is 17.5 Å². The van der Waals surface area contributed by atoms with Crippen LogP contribution in [0.5, 0.6) is 0 Å². The second kappa shape index (κ2) is 5.84. The maximum absolute atomic E-state index is 11.5. The van der Waals surface area contributed by atoms with Crippen LogP contribution in [0.2, 0.25) is 0 Å². The number of carbonyl (C=O) groups excluding carboxylic acids is 1. The maximum Gasteiger partial charge on any atom is 0.240 e. The highest BCUT2D eigenvalue weighted by molar-refractivity contribution is 6.29. The number of nitrogens with zero attached hydrogens (tertiary/aromatic N) is 4. The Kier molecular flexibility index (Phi) is 3.73. The normalized spacial score (nSPS) is 10.4. The SMILES string of the molecule is N#Cc1cnn(-c2ccc3ccccc3n2)c1NC(=O)CCl. The van der Waals surface area contributed by atoms with Gasteiger partial charge in [0.2, 0.25) is 5.91 Å². The first-order valence-corrected chi connectivity index (χ1v) is 6.96. The van der Waals surface area contributed by atoms with Crippen molar-refractivity contribution in [3.8, 4) is 11.9 Å². The third-order valence-electron chi connectivity index (χ3n) is 3.07. The summed E-state index contributed by atoms with van der Waals surface area (Å²) in [6.07, 6.45) is 1.38. The van der Waals surface area contributed by atoms with Crippen LogP contribution in [0.3, 0.4) is 0 Å². The lowest BCUT2D eigenvalue weighted by Crippen LogP contribution is -2.17. The lowest BCUT2D eigenvalue weighted by molar-refractivity contribution is -0.114. The first-order chi connectivity index (χ1) is 10.7. The number of pyridine rings is 1. The van der Waals surface area contributed by atoms with Gasteiger partial charge in [-0.1, -0.05) is 18.2 Å². The quantitative estimate of drug-likeness (QED) is 0.753. The van der Waals surface area contributed by atoms with Gasteiger partial charge in [0.15, 0.2) is 11.6 Å². The zero-order valence-electron chi connectivity index (χ0n) is 11.3. The summed E-state index contributed by atoms with van der Waals surface area (Å²) in [5.41, 5.74) is 1.04. The predicted octanol–water partition coefficient (Wildman–Crippen LogP) is 2.47. The van der Waals surface area contributed by atoms with E-state index in [1.165, 1.54) is 10.9 Å². The van der Waals surface area contributed by atoms with Crippen molar-refractivity contribution in [1.29, 1.82) is 5.26 Å². The number of hydrogen-bond acceptors (Lipinski definition) is 4. The summed E-state index contributed by atoms with van der Waals surface area (Å²) >= 11 is 5.50. The number of aromatic nitrogens is 3. The summed E-state index contributed by atoms with van der Waals surface area (Å²) < 4.78 is 1.41. The molecule has 7 heteroatoms. The molecule has 1 aromatic carbocycles. The van der Waals surface area contributed by atoms with E-state index in [4.69, 9.17) is 16.9 Å². The number of rotatable bonds is 3. The lowest BCUT2D eigenvalue weighted by atomic mass is 10.2. The van der Waals surface area contributed by atoms with Crippen LogP contribution in [0.15, 0.2) is 42.6 Å². The van der Waals surface area contributed by atoms with E-state index in [2.05, 4.69) is 15.4 Å². The number of amides is 1. The first-order valence-electron chi connectivity index (χ1n) is 6.43. The fourth-order valence-electron chi connectivity index (χ4n) is 2.06. The number of carbonyl (C=O) groups is 1. The molecule has 0 atom stereocenters. The smallest absolute Gasteiger partial charge is 0.240 e. The third kappa shape index (κ3) is 2.50. The average Bonchev–Trinajstić information content (AvgIpc) is 2.96. The monoisotopic (exact) mass is 311 g/mol. The molecule has 2 heterocycles. The number of nitrogens with one attached hydrogen (secondary N) is 1. The average molecular weight is 312 g/mol. The van der Waals surface area contributed by atoms with Gasteiger partial charge in [-0.2, -0.15) is 15.0 Å². The molecule has 0 saturated carbocycles. The zero-order chi connectivity index (χ0) is 15.5. The van der Waals surface area contributed by atoms with Crippen molar-refractivity contribution in [2.24, 2.45) is 0 Å². The van der Waals surface area contributed by atoms with Crippen LogP contribution in [0.4, 0.5) is 5.82 Å². The molecule has 0 aliphatic carbocycles. The topological polar surface area (TPSA) is 83.6 Å². The van der Waals surface area contributed by atoms with E-state index in [0.717, 1.165) is 10.9 Å². The van der Waals surface area contributed by atoms with E-state index >= 15 is 0 Å². The van der Waals surface area contributed by atoms with E-state index in [0.29, 0.717) is 5.82 Å². The van der Waals surface area contributed by atoms with Gasteiger partial charge in [-0.25, -0.2) is 4.98 Å². The number of halogens is 1. The molecule has 0 fully saturated rings. The van der Waals surface area contributed by atoms with Gasteiger partial charge in [0.05, 0.1) is 11.7 Å². The van der Waals surface area contributed by atoms with Crippen LogP contribution in [-0.2, 0) is 4.79 Å². The summed E-state index contributed by atoms with van der Waals surface area (Å²) in [4.78, 5) is 16.0. The van der Waals surface area contributed by atoms with Gasteiger partial charge in [0.25, 0.3) is 0 Å². The van der Waals surface area contributed by atoms with E-state index in [-0.39, 0.29) is 17.3 Å². The molecule has 3 rings (SSSR count). The highest BCUT2D eigenvalue weighted by Gasteiger charge is 2.15. The molecule has 6 nitrogen and oxygen atoms in total. The van der Waals surface area contributed by atoms with Crippen LogP contribution >= 0.6 is 11.6 Å². The van der Waals surface area contributed by atoms with Crippen molar-refractivity contribution < 1.29 is 4.79 Å². The van der Waals surface area contributed by atoms with E-state index in [9.17, 15) is 4.79 Å². The Hall–Kier alpha value is -2.91. The number of alkyl halides is 1. The molecule has 2 aromatic heterocycles. The number of para-hydroxylation sites is 1. The summed E-state index contributed by atoms with van der Waals surface area (Å²) in [5, 5.41) is 16.8. The van der Waals surface area contributed by atoms with Crippen LogP contribution in [0.25, 0.3) is 16.7 Å². The summed E-state index contributed by atoms with van der Waals surface area (Å²) in [6.45, 7) is 0. The minimum Gasteiger partial charge on any atom is -0.308 e. The molecule has 0 spiro atoms. The predicted molar refractivity (Wildman–Crippen MR) is 82.9 cm³/mol. The molecule has 0 unspecified atom stereocenters. The zero-order valence-corrected chi connectivity index (χ0v) is 12.1. The summed E-state index contributed by atoms with van der Waals surface area (Å²) in [7, 11) is 0. The molecule has 0 bridgehead atoms. The minimum atomic E-state index is -0.416. The van der Waals surface area contributed by atoms with Crippen molar-refractivity contribution >= 4 is 34.2 Å². The van der Waals surface area contributed by atoms with Crippen LogP contribution < -0.4 is 5.32 Å². The Bertz CT molecular complexity index is 896. The number of anilines is 1. The third-order valence-corrected chi connectivity index (χ3v) is 3.31. The fourth-order valence-corrected chi connectivity index (χ4v) is 2.13. The van der Waals surface area contributed by atoms with Gasteiger partial charge in [0, 0.05) is 5.39 Å². The van der Waals surface area contributed by atoms with Crippen LogP contribution in [-0.4, -0.2) is 26.6 Å². The van der Waals surface area contributed by atoms with Crippen molar-refractivity contribution in [3.63, 3.8) is 0 Å². The van der Waals surface area contributed by atoms with Crippen molar-refractivity contribution in [2.75, 3.05) is 11.2 Å². The first kappa shape index (κ1) is 14.0. The molecule has 108 valence electrons. The highest BCUT2D eigenvalue weighted by atomic mass is 35.5. The van der Waals surface area contributed by atoms with Crippen molar-refractivity contribution in [2.45, 2.75) is 0 Å².